The van der Waals surface area contributed by atoms with Crippen LogP contribution in [0.3, 0.4) is 0 Å². The Morgan fingerprint density at radius 2 is 1.88 bits per heavy atom. The molecule has 1 aliphatic rings. The van der Waals surface area contributed by atoms with Crippen LogP contribution in [0.4, 0.5) is 5.13 Å². The Kier molecular flexibility index (Phi) is 4.57. The normalized spacial score (nSPS) is 19.1. The molecule has 16 heavy (non-hydrogen) atoms. The van der Waals surface area contributed by atoms with Crippen molar-refractivity contribution < 1.29 is 0 Å². The highest BCUT2D eigenvalue weighted by Gasteiger charge is 2.12. The van der Waals surface area contributed by atoms with E-state index in [0.29, 0.717) is 6.04 Å². The molecule has 0 aliphatic heterocycles. The largest absolute Gasteiger partial charge is 0.358 e. The first kappa shape index (κ1) is 11.8. The van der Waals surface area contributed by atoms with Crippen molar-refractivity contribution in [1.29, 1.82) is 0 Å². The molecule has 1 aromatic heterocycles. The Balaban J connectivity index is 1.86. The third-order valence-corrected chi connectivity index (χ3v) is 3.90. The van der Waals surface area contributed by atoms with Crippen molar-refractivity contribution in [3.63, 3.8) is 0 Å². The first-order valence-corrected chi connectivity index (χ1v) is 7.25. The predicted molar refractivity (Wildman–Crippen MR) is 69.0 cm³/mol. The topological polar surface area (TPSA) is 37.8 Å². The molecule has 4 heteroatoms. The molecule has 0 saturated heterocycles. The molecule has 1 aliphatic carbocycles. The molecule has 1 N–H and O–H groups in total. The summed E-state index contributed by atoms with van der Waals surface area (Å²) >= 11 is 1.51. The van der Waals surface area contributed by atoms with Gasteiger partial charge in [-0.2, -0.15) is 4.37 Å². The van der Waals surface area contributed by atoms with E-state index in [1.54, 1.807) is 0 Å². The van der Waals surface area contributed by atoms with Gasteiger partial charge in [-0.05, 0) is 12.8 Å². The number of hydrogen-bond acceptors (Lipinski definition) is 4. The molecular weight excluding hydrogens is 218 g/mol. The minimum Gasteiger partial charge on any atom is -0.358 e. The van der Waals surface area contributed by atoms with Crippen molar-refractivity contribution >= 4 is 16.7 Å². The highest BCUT2D eigenvalue weighted by Crippen LogP contribution is 2.21. The van der Waals surface area contributed by atoms with Crippen LogP contribution < -0.4 is 5.32 Å². The van der Waals surface area contributed by atoms with Gasteiger partial charge < -0.3 is 5.32 Å². The van der Waals surface area contributed by atoms with Crippen LogP contribution >= 0.6 is 11.5 Å². The van der Waals surface area contributed by atoms with E-state index in [0.717, 1.165) is 17.4 Å². The summed E-state index contributed by atoms with van der Waals surface area (Å²) in [6.45, 7) is 2.10. The Morgan fingerprint density at radius 3 is 2.50 bits per heavy atom. The summed E-state index contributed by atoms with van der Waals surface area (Å²) in [6, 6.07) is 0.623. The minimum atomic E-state index is 0.623. The van der Waals surface area contributed by atoms with E-state index in [4.69, 9.17) is 0 Å². The summed E-state index contributed by atoms with van der Waals surface area (Å²) in [4.78, 5) is 4.47. The van der Waals surface area contributed by atoms with Crippen LogP contribution in [-0.4, -0.2) is 15.4 Å². The van der Waals surface area contributed by atoms with Crippen molar-refractivity contribution in [3.05, 3.63) is 5.82 Å². The van der Waals surface area contributed by atoms with Gasteiger partial charge in [0, 0.05) is 24.0 Å². The number of rotatable bonds is 3. The van der Waals surface area contributed by atoms with Gasteiger partial charge in [0.1, 0.15) is 5.82 Å². The van der Waals surface area contributed by atoms with Gasteiger partial charge in [0.05, 0.1) is 0 Å². The van der Waals surface area contributed by atoms with E-state index < -0.39 is 0 Å². The van der Waals surface area contributed by atoms with Gasteiger partial charge in [-0.3, -0.25) is 0 Å². The standard InChI is InChI=1S/C12H21N3S/c1-2-11-14-12(16-15-11)13-10-8-6-4-3-5-7-9-10/h10H,2-9H2,1H3,(H,13,14,15). The molecule has 0 aromatic carbocycles. The zero-order chi connectivity index (χ0) is 11.2. The van der Waals surface area contributed by atoms with Crippen LogP contribution in [0, 0.1) is 0 Å². The van der Waals surface area contributed by atoms with Crippen LogP contribution in [0.5, 0.6) is 0 Å². The number of nitrogens with zero attached hydrogens (tertiary/aromatic N) is 2. The Bertz CT molecular complexity index is 303. The van der Waals surface area contributed by atoms with Crippen molar-refractivity contribution in [2.75, 3.05) is 5.32 Å². The molecule has 0 unspecified atom stereocenters. The van der Waals surface area contributed by atoms with Gasteiger partial charge in [0.15, 0.2) is 0 Å². The molecule has 1 saturated carbocycles. The molecule has 0 bridgehead atoms. The number of aromatic nitrogens is 2. The Morgan fingerprint density at radius 1 is 1.19 bits per heavy atom. The number of anilines is 1. The molecule has 90 valence electrons. The molecule has 0 atom stereocenters. The van der Waals surface area contributed by atoms with Crippen molar-refractivity contribution in [2.45, 2.75) is 64.3 Å². The van der Waals surface area contributed by atoms with E-state index in [2.05, 4.69) is 21.6 Å². The lowest BCUT2D eigenvalue weighted by atomic mass is 9.97. The zero-order valence-corrected chi connectivity index (χ0v) is 10.9. The van der Waals surface area contributed by atoms with Gasteiger partial charge in [-0.25, -0.2) is 4.98 Å². The maximum Gasteiger partial charge on any atom is 0.202 e. The zero-order valence-electron chi connectivity index (χ0n) is 10.0. The first-order chi connectivity index (χ1) is 7.88. The molecule has 2 rings (SSSR count). The van der Waals surface area contributed by atoms with Crippen molar-refractivity contribution in [3.8, 4) is 0 Å². The lowest BCUT2D eigenvalue weighted by Gasteiger charge is -2.20. The first-order valence-electron chi connectivity index (χ1n) is 6.47. The molecule has 1 heterocycles. The predicted octanol–water partition coefficient (Wildman–Crippen LogP) is 3.63. The van der Waals surface area contributed by atoms with Crippen molar-refractivity contribution in [2.24, 2.45) is 0 Å². The molecule has 1 fully saturated rings. The van der Waals surface area contributed by atoms with E-state index in [9.17, 15) is 0 Å². The molecule has 0 radical (unpaired) electrons. The minimum absolute atomic E-state index is 0.623. The van der Waals surface area contributed by atoms with E-state index in [1.807, 2.05) is 0 Å². The Hall–Kier alpha value is -0.640. The maximum atomic E-state index is 4.47. The number of aryl methyl sites for hydroxylation is 1. The summed E-state index contributed by atoms with van der Waals surface area (Å²) in [6.07, 6.45) is 10.5. The van der Waals surface area contributed by atoms with Gasteiger partial charge >= 0.3 is 0 Å². The number of nitrogens with one attached hydrogen (secondary N) is 1. The molecule has 0 amide bonds. The average molecular weight is 239 g/mol. The van der Waals surface area contributed by atoms with Crippen LogP contribution in [0.25, 0.3) is 0 Å². The van der Waals surface area contributed by atoms with E-state index >= 15 is 0 Å². The SMILES string of the molecule is CCc1nsc(NC2CCCCCCC2)n1. The van der Waals surface area contributed by atoms with Crippen LogP contribution in [0.15, 0.2) is 0 Å². The van der Waals surface area contributed by atoms with E-state index in [-0.39, 0.29) is 0 Å². The Labute approximate surface area is 102 Å². The lowest BCUT2D eigenvalue weighted by molar-refractivity contribution is 0.471. The molecule has 1 aromatic rings. The second-order valence-electron chi connectivity index (χ2n) is 4.56. The summed E-state index contributed by atoms with van der Waals surface area (Å²) in [5.74, 6) is 0.971. The van der Waals surface area contributed by atoms with Gasteiger partial charge in [-0.1, -0.05) is 39.0 Å². The van der Waals surface area contributed by atoms with Gasteiger partial charge in [0.25, 0.3) is 0 Å². The second-order valence-corrected chi connectivity index (χ2v) is 5.31. The van der Waals surface area contributed by atoms with Gasteiger partial charge in [0.2, 0.25) is 5.13 Å². The molecule has 3 nitrogen and oxygen atoms in total. The third kappa shape index (κ3) is 3.44. The monoisotopic (exact) mass is 239 g/mol. The van der Waals surface area contributed by atoms with E-state index in [1.165, 1.54) is 56.5 Å². The summed E-state index contributed by atoms with van der Waals surface area (Å²) < 4.78 is 4.31. The third-order valence-electron chi connectivity index (χ3n) is 3.22. The fourth-order valence-electron chi connectivity index (χ4n) is 2.23. The quantitative estimate of drug-likeness (QED) is 0.875. The van der Waals surface area contributed by atoms with Crippen molar-refractivity contribution in [1.82, 2.24) is 9.36 Å². The van der Waals surface area contributed by atoms with Crippen LogP contribution in [-0.2, 0) is 6.42 Å². The fraction of sp³-hybridized carbons (Fsp3) is 0.833. The average Bonchev–Trinajstić information content (AvgIpc) is 2.69. The summed E-state index contributed by atoms with van der Waals surface area (Å²) in [5, 5.41) is 4.56. The molecular formula is C12H21N3S. The van der Waals surface area contributed by atoms with Crippen LogP contribution in [0.2, 0.25) is 0 Å². The number of hydrogen-bond donors (Lipinski definition) is 1. The maximum absolute atomic E-state index is 4.47. The van der Waals surface area contributed by atoms with Gasteiger partial charge in [-0.15, -0.1) is 0 Å². The summed E-state index contributed by atoms with van der Waals surface area (Å²) in [5.41, 5.74) is 0. The fourth-order valence-corrected chi connectivity index (χ4v) is 2.96. The smallest absolute Gasteiger partial charge is 0.202 e. The summed E-state index contributed by atoms with van der Waals surface area (Å²) in [7, 11) is 0. The highest BCUT2D eigenvalue weighted by molar-refractivity contribution is 7.09. The second kappa shape index (κ2) is 6.18. The highest BCUT2D eigenvalue weighted by atomic mass is 32.1. The lowest BCUT2D eigenvalue weighted by Crippen LogP contribution is -2.20. The van der Waals surface area contributed by atoms with Crippen LogP contribution in [0.1, 0.15) is 57.7 Å². The molecule has 0 spiro atoms.